The summed E-state index contributed by atoms with van der Waals surface area (Å²) in [6, 6.07) is 1.77. The van der Waals surface area contributed by atoms with Crippen molar-refractivity contribution in [2.75, 3.05) is 31.9 Å². The number of likely N-dealkylation sites (tertiary alicyclic amines) is 1. The van der Waals surface area contributed by atoms with Crippen LogP contribution in [0.3, 0.4) is 0 Å². The molecule has 2 rings (SSSR count). The molecule has 0 radical (unpaired) electrons. The highest BCUT2D eigenvalue weighted by Gasteiger charge is 2.16. The fourth-order valence-corrected chi connectivity index (χ4v) is 2.93. The Morgan fingerprint density at radius 1 is 1.56 bits per heavy atom. The van der Waals surface area contributed by atoms with Gasteiger partial charge in [-0.3, -0.25) is 4.79 Å². The van der Waals surface area contributed by atoms with Crippen molar-refractivity contribution in [2.24, 2.45) is 5.92 Å². The number of thiophene rings is 1. The minimum absolute atomic E-state index is 0.0483. The van der Waals surface area contributed by atoms with Crippen LogP contribution in [0.2, 0.25) is 0 Å². The Kier molecular flexibility index (Phi) is 4.60. The molecule has 1 aliphatic rings. The molecule has 0 saturated carbocycles. The number of carbonyl (C=O) groups excluding carboxylic acids is 1. The highest BCUT2D eigenvalue weighted by atomic mass is 32.1. The molecule has 1 aliphatic heterocycles. The van der Waals surface area contributed by atoms with Crippen LogP contribution in [0.5, 0.6) is 0 Å². The van der Waals surface area contributed by atoms with E-state index < -0.39 is 0 Å². The molecule has 1 aromatic rings. The Morgan fingerprint density at radius 3 is 2.89 bits per heavy atom. The average Bonchev–Trinajstić information content (AvgIpc) is 2.78. The molecule has 1 saturated heterocycles. The van der Waals surface area contributed by atoms with E-state index in [-0.39, 0.29) is 5.91 Å². The van der Waals surface area contributed by atoms with Crippen LogP contribution in [-0.4, -0.2) is 37.0 Å². The number of carbonyl (C=O) groups is 1. The lowest BCUT2D eigenvalue weighted by Crippen LogP contribution is -2.39. The van der Waals surface area contributed by atoms with Crippen molar-refractivity contribution < 1.29 is 4.79 Å². The molecule has 0 atom stereocenters. The third-order valence-electron chi connectivity index (χ3n) is 3.49. The number of nitrogen functional groups attached to an aromatic ring is 1. The van der Waals surface area contributed by atoms with Gasteiger partial charge in [-0.1, -0.05) is 6.92 Å². The SMILES string of the molecule is CC1CCN(CCNC(=O)c2sccc2N)CC1. The Hall–Kier alpha value is -1.07. The molecule has 100 valence electrons. The number of nitrogens with two attached hydrogens (primary N) is 1. The van der Waals surface area contributed by atoms with Crippen LogP contribution in [0, 0.1) is 5.92 Å². The molecule has 0 unspecified atom stereocenters. The van der Waals surface area contributed by atoms with E-state index in [1.54, 1.807) is 6.07 Å². The maximum absolute atomic E-state index is 11.8. The molecule has 4 nitrogen and oxygen atoms in total. The van der Waals surface area contributed by atoms with Gasteiger partial charge in [0, 0.05) is 13.1 Å². The first-order valence-corrected chi connectivity index (χ1v) is 7.38. The van der Waals surface area contributed by atoms with E-state index in [2.05, 4.69) is 17.1 Å². The standard InChI is InChI=1S/C13H21N3OS/c1-10-2-6-16(7-3-10)8-5-15-13(17)12-11(14)4-9-18-12/h4,9-10H,2-3,5-8,14H2,1H3,(H,15,17). The number of piperidine rings is 1. The van der Waals surface area contributed by atoms with Gasteiger partial charge in [0.05, 0.1) is 5.69 Å². The Labute approximate surface area is 112 Å². The number of rotatable bonds is 4. The summed E-state index contributed by atoms with van der Waals surface area (Å²) in [6.07, 6.45) is 2.54. The van der Waals surface area contributed by atoms with Gasteiger partial charge in [-0.05, 0) is 43.3 Å². The summed E-state index contributed by atoms with van der Waals surface area (Å²) in [4.78, 5) is 14.9. The summed E-state index contributed by atoms with van der Waals surface area (Å²) < 4.78 is 0. The van der Waals surface area contributed by atoms with Gasteiger partial charge in [0.1, 0.15) is 4.88 Å². The van der Waals surface area contributed by atoms with Crippen LogP contribution >= 0.6 is 11.3 Å². The van der Waals surface area contributed by atoms with Gasteiger partial charge < -0.3 is 16.0 Å². The maximum atomic E-state index is 11.8. The second-order valence-electron chi connectivity index (χ2n) is 4.99. The van der Waals surface area contributed by atoms with Crippen molar-refractivity contribution in [3.05, 3.63) is 16.3 Å². The summed E-state index contributed by atoms with van der Waals surface area (Å²) in [5.41, 5.74) is 6.28. The summed E-state index contributed by atoms with van der Waals surface area (Å²) in [7, 11) is 0. The molecule has 0 bridgehead atoms. The molecule has 1 aromatic heterocycles. The van der Waals surface area contributed by atoms with E-state index in [1.165, 1.54) is 24.2 Å². The predicted octanol–water partition coefficient (Wildman–Crippen LogP) is 1.79. The van der Waals surface area contributed by atoms with E-state index in [0.717, 1.165) is 25.6 Å². The second kappa shape index (κ2) is 6.20. The fraction of sp³-hybridized carbons (Fsp3) is 0.615. The van der Waals surface area contributed by atoms with Gasteiger partial charge in [0.25, 0.3) is 5.91 Å². The van der Waals surface area contributed by atoms with Gasteiger partial charge in [-0.15, -0.1) is 11.3 Å². The zero-order valence-corrected chi connectivity index (χ0v) is 11.6. The van der Waals surface area contributed by atoms with Crippen molar-refractivity contribution in [3.63, 3.8) is 0 Å². The predicted molar refractivity (Wildman–Crippen MR) is 75.9 cm³/mol. The van der Waals surface area contributed by atoms with Crippen molar-refractivity contribution in [2.45, 2.75) is 19.8 Å². The van der Waals surface area contributed by atoms with Gasteiger partial charge in [-0.25, -0.2) is 0 Å². The van der Waals surface area contributed by atoms with Gasteiger partial charge in [0.15, 0.2) is 0 Å². The first-order chi connectivity index (χ1) is 8.66. The number of hydrogen-bond donors (Lipinski definition) is 2. The molecule has 1 fully saturated rings. The first kappa shape index (κ1) is 13.4. The average molecular weight is 267 g/mol. The van der Waals surface area contributed by atoms with E-state index in [1.807, 2.05) is 5.38 Å². The molecule has 0 spiro atoms. The third kappa shape index (κ3) is 3.46. The first-order valence-electron chi connectivity index (χ1n) is 6.50. The van der Waals surface area contributed by atoms with Crippen LogP contribution in [-0.2, 0) is 0 Å². The van der Waals surface area contributed by atoms with Gasteiger partial charge >= 0.3 is 0 Å². The minimum Gasteiger partial charge on any atom is -0.397 e. The Bertz CT molecular complexity index is 397. The Balaban J connectivity index is 1.69. The summed E-state index contributed by atoms with van der Waals surface area (Å²) in [5.74, 6) is 0.801. The molecule has 0 aliphatic carbocycles. The van der Waals surface area contributed by atoms with E-state index >= 15 is 0 Å². The minimum atomic E-state index is -0.0483. The quantitative estimate of drug-likeness (QED) is 0.874. The number of anilines is 1. The molecule has 2 heterocycles. The van der Waals surface area contributed by atoms with Crippen LogP contribution in [0.1, 0.15) is 29.4 Å². The van der Waals surface area contributed by atoms with Crippen LogP contribution in [0.15, 0.2) is 11.4 Å². The summed E-state index contributed by atoms with van der Waals surface area (Å²) >= 11 is 1.39. The number of nitrogens with zero attached hydrogens (tertiary/aromatic N) is 1. The van der Waals surface area contributed by atoms with E-state index in [4.69, 9.17) is 5.73 Å². The lowest BCUT2D eigenvalue weighted by Gasteiger charge is -2.30. The number of nitrogens with one attached hydrogen (secondary N) is 1. The van der Waals surface area contributed by atoms with Crippen LogP contribution in [0.4, 0.5) is 5.69 Å². The molecular formula is C13H21N3OS. The smallest absolute Gasteiger partial charge is 0.263 e. The zero-order valence-electron chi connectivity index (χ0n) is 10.8. The van der Waals surface area contributed by atoms with Crippen LogP contribution < -0.4 is 11.1 Å². The third-order valence-corrected chi connectivity index (χ3v) is 4.42. The van der Waals surface area contributed by atoms with Gasteiger partial charge in [0.2, 0.25) is 0 Å². The molecule has 5 heteroatoms. The molecule has 1 amide bonds. The molecule has 3 N–H and O–H groups in total. The van der Waals surface area contributed by atoms with Gasteiger partial charge in [-0.2, -0.15) is 0 Å². The van der Waals surface area contributed by atoms with Crippen molar-refractivity contribution in [1.82, 2.24) is 10.2 Å². The monoisotopic (exact) mass is 267 g/mol. The number of amides is 1. The van der Waals surface area contributed by atoms with E-state index in [9.17, 15) is 4.79 Å². The van der Waals surface area contributed by atoms with E-state index in [0.29, 0.717) is 17.1 Å². The Morgan fingerprint density at radius 2 is 2.28 bits per heavy atom. The zero-order chi connectivity index (χ0) is 13.0. The molecule has 18 heavy (non-hydrogen) atoms. The van der Waals surface area contributed by atoms with Crippen molar-refractivity contribution in [3.8, 4) is 0 Å². The maximum Gasteiger partial charge on any atom is 0.263 e. The van der Waals surface area contributed by atoms with Crippen molar-refractivity contribution in [1.29, 1.82) is 0 Å². The molecular weight excluding hydrogens is 246 g/mol. The fourth-order valence-electron chi connectivity index (χ4n) is 2.20. The topological polar surface area (TPSA) is 58.4 Å². The lowest BCUT2D eigenvalue weighted by atomic mass is 9.99. The lowest BCUT2D eigenvalue weighted by molar-refractivity contribution is 0.0949. The largest absolute Gasteiger partial charge is 0.397 e. The second-order valence-corrected chi connectivity index (χ2v) is 5.90. The van der Waals surface area contributed by atoms with Crippen LogP contribution in [0.25, 0.3) is 0 Å². The molecule has 0 aromatic carbocycles. The van der Waals surface area contributed by atoms with Crippen molar-refractivity contribution >= 4 is 22.9 Å². The summed E-state index contributed by atoms with van der Waals surface area (Å²) in [5, 5.41) is 4.78. The highest BCUT2D eigenvalue weighted by molar-refractivity contribution is 7.12. The highest BCUT2D eigenvalue weighted by Crippen LogP contribution is 2.18. The summed E-state index contributed by atoms with van der Waals surface area (Å²) in [6.45, 7) is 6.24. The normalized spacial score (nSPS) is 17.8. The number of hydrogen-bond acceptors (Lipinski definition) is 4.